The summed E-state index contributed by atoms with van der Waals surface area (Å²) in [6.07, 6.45) is 7.84. The monoisotopic (exact) mass is 278 g/mol. The van der Waals surface area contributed by atoms with E-state index >= 15 is 0 Å². The number of Topliss-reactive ketones (excluding diaryl/α,β-unsaturated/α-hetero) is 1. The molecule has 0 aliphatic heterocycles. The number of hydrogen-bond acceptors (Lipinski definition) is 1. The number of hydrogen-bond donors (Lipinski definition) is 0. The predicted octanol–water partition coefficient (Wildman–Crippen LogP) is 4.99. The van der Waals surface area contributed by atoms with E-state index in [4.69, 9.17) is 0 Å². The van der Waals surface area contributed by atoms with Crippen LogP contribution in [0.1, 0.15) is 52.9 Å². The zero-order chi connectivity index (χ0) is 14.5. The van der Waals surface area contributed by atoms with Crippen LogP contribution in [0.4, 0.5) is 0 Å². The first-order valence-electron chi connectivity index (χ1n) is 7.75. The van der Waals surface area contributed by atoms with Crippen molar-refractivity contribution in [1.29, 1.82) is 0 Å². The van der Waals surface area contributed by atoms with Gasteiger partial charge in [0.1, 0.15) is 5.78 Å². The van der Waals surface area contributed by atoms with Crippen LogP contribution in [-0.2, 0) is 4.79 Å². The van der Waals surface area contributed by atoms with Crippen molar-refractivity contribution in [2.24, 2.45) is 16.2 Å². The molecular formula is C17H30OSi. The van der Waals surface area contributed by atoms with E-state index in [9.17, 15) is 4.79 Å². The fourth-order valence-electron chi connectivity index (χ4n) is 4.48. The van der Waals surface area contributed by atoms with E-state index in [2.05, 4.69) is 52.2 Å². The molecule has 0 N–H and O–H groups in total. The maximum atomic E-state index is 12.7. The number of carbonyl (C=O) groups excluding carboxylic acids is 1. The normalized spacial score (nSPS) is 43.2. The zero-order valence-electron chi connectivity index (χ0n) is 13.6. The third kappa shape index (κ3) is 2.16. The van der Waals surface area contributed by atoms with E-state index in [1.54, 1.807) is 0 Å². The maximum Gasteiger partial charge on any atom is 0.140 e. The lowest BCUT2D eigenvalue weighted by atomic mass is 9.59. The average Bonchev–Trinajstić information content (AvgIpc) is 2.59. The van der Waals surface area contributed by atoms with Gasteiger partial charge in [0.05, 0.1) is 8.07 Å². The van der Waals surface area contributed by atoms with E-state index in [0.29, 0.717) is 5.78 Å². The van der Waals surface area contributed by atoms with Crippen molar-refractivity contribution in [3.8, 4) is 0 Å². The van der Waals surface area contributed by atoms with Gasteiger partial charge in [0.2, 0.25) is 0 Å². The van der Waals surface area contributed by atoms with Crippen molar-refractivity contribution in [3.05, 3.63) is 11.8 Å². The van der Waals surface area contributed by atoms with Crippen molar-refractivity contribution in [3.63, 3.8) is 0 Å². The SMILES string of the molecule is C[C@@]12CCC[C@]1(C)[C@](C)(C/C=C/[Si](C)(C)C)C(=O)C2. The van der Waals surface area contributed by atoms with Crippen molar-refractivity contribution in [1.82, 2.24) is 0 Å². The molecule has 0 amide bonds. The highest BCUT2D eigenvalue weighted by Gasteiger charge is 2.66. The second-order valence-corrected chi connectivity index (χ2v) is 13.7. The van der Waals surface area contributed by atoms with Gasteiger partial charge < -0.3 is 0 Å². The van der Waals surface area contributed by atoms with Crippen molar-refractivity contribution in [2.45, 2.75) is 72.5 Å². The first-order valence-corrected chi connectivity index (χ1v) is 11.3. The summed E-state index contributed by atoms with van der Waals surface area (Å²) < 4.78 is 0. The van der Waals surface area contributed by atoms with Gasteiger partial charge >= 0.3 is 0 Å². The van der Waals surface area contributed by atoms with Crippen LogP contribution in [-0.4, -0.2) is 13.9 Å². The molecule has 2 aliphatic rings. The fraction of sp³-hybridized carbons (Fsp3) is 0.824. The highest BCUT2D eigenvalue weighted by atomic mass is 28.3. The lowest BCUT2D eigenvalue weighted by Crippen LogP contribution is -2.40. The van der Waals surface area contributed by atoms with Gasteiger partial charge in [0.25, 0.3) is 0 Å². The van der Waals surface area contributed by atoms with Crippen LogP contribution in [0.3, 0.4) is 0 Å². The summed E-state index contributed by atoms with van der Waals surface area (Å²) in [7, 11) is -1.15. The Labute approximate surface area is 119 Å². The molecule has 0 aromatic carbocycles. The van der Waals surface area contributed by atoms with Crippen molar-refractivity contribution < 1.29 is 4.79 Å². The second-order valence-electron chi connectivity index (χ2n) is 8.65. The molecule has 0 spiro atoms. The van der Waals surface area contributed by atoms with Gasteiger partial charge in [0.15, 0.2) is 0 Å². The molecule has 2 heteroatoms. The summed E-state index contributed by atoms with van der Waals surface area (Å²) in [5, 5.41) is 0. The standard InChI is InChI=1S/C17H30OSi/c1-15-9-7-11-17(15,3)16(2,14(18)13-15)10-8-12-19(4,5)6/h8,12H,7,9-11,13H2,1-6H3/b12-8+/t15-,16+,17-/m0/s1. The number of rotatable bonds is 3. The minimum atomic E-state index is -1.15. The summed E-state index contributed by atoms with van der Waals surface area (Å²) in [6.45, 7) is 14.0. The Bertz CT molecular complexity index is 419. The van der Waals surface area contributed by atoms with Crippen LogP contribution in [0, 0.1) is 16.2 Å². The quantitative estimate of drug-likeness (QED) is 0.665. The van der Waals surface area contributed by atoms with E-state index in [1.165, 1.54) is 19.3 Å². The van der Waals surface area contributed by atoms with Crippen molar-refractivity contribution >= 4 is 13.9 Å². The fourth-order valence-corrected chi connectivity index (χ4v) is 5.30. The number of fused-ring (bicyclic) bond motifs is 1. The molecule has 2 saturated carbocycles. The third-order valence-electron chi connectivity index (χ3n) is 6.27. The summed E-state index contributed by atoms with van der Waals surface area (Å²) in [5.41, 5.74) is 2.74. The first-order chi connectivity index (χ1) is 8.54. The van der Waals surface area contributed by atoms with Gasteiger partial charge in [-0.05, 0) is 30.1 Å². The molecule has 2 fully saturated rings. The van der Waals surface area contributed by atoms with Gasteiger partial charge in [0, 0.05) is 11.8 Å². The average molecular weight is 279 g/mol. The van der Waals surface area contributed by atoms with Crippen LogP contribution in [0.2, 0.25) is 19.6 Å². The Morgan fingerprint density at radius 2 is 1.79 bits per heavy atom. The molecule has 2 rings (SSSR count). The predicted molar refractivity (Wildman–Crippen MR) is 84.9 cm³/mol. The highest BCUT2D eigenvalue weighted by Crippen LogP contribution is 2.69. The van der Waals surface area contributed by atoms with Crippen LogP contribution < -0.4 is 0 Å². The maximum absolute atomic E-state index is 12.7. The van der Waals surface area contributed by atoms with E-state index < -0.39 is 8.07 Å². The number of allylic oxidation sites excluding steroid dienone is 1. The van der Waals surface area contributed by atoms with Crippen LogP contribution in [0.25, 0.3) is 0 Å². The van der Waals surface area contributed by atoms with Gasteiger partial charge in [-0.25, -0.2) is 0 Å². The lowest BCUT2D eigenvalue weighted by molar-refractivity contribution is -0.128. The molecule has 3 atom stereocenters. The molecule has 2 aliphatic carbocycles. The lowest BCUT2D eigenvalue weighted by Gasteiger charge is -2.44. The van der Waals surface area contributed by atoms with E-state index in [1.807, 2.05) is 0 Å². The Hall–Kier alpha value is -0.373. The van der Waals surface area contributed by atoms with Crippen LogP contribution in [0.15, 0.2) is 11.8 Å². The van der Waals surface area contributed by atoms with Crippen LogP contribution in [0.5, 0.6) is 0 Å². The van der Waals surface area contributed by atoms with Crippen LogP contribution >= 0.6 is 0 Å². The Balaban J connectivity index is 2.27. The summed E-state index contributed by atoms with van der Waals surface area (Å²) in [6, 6.07) is 0. The molecule has 0 heterocycles. The van der Waals surface area contributed by atoms with Gasteiger partial charge in [-0.1, -0.05) is 58.6 Å². The Morgan fingerprint density at radius 3 is 2.37 bits per heavy atom. The molecule has 0 bridgehead atoms. The Kier molecular flexibility index (Phi) is 3.41. The molecule has 108 valence electrons. The van der Waals surface area contributed by atoms with Gasteiger partial charge in [-0.15, -0.1) is 0 Å². The molecule has 0 aromatic rings. The molecule has 0 aromatic heterocycles. The molecule has 19 heavy (non-hydrogen) atoms. The molecule has 0 radical (unpaired) electrons. The molecule has 0 saturated heterocycles. The second kappa shape index (κ2) is 4.31. The molecule has 1 nitrogen and oxygen atoms in total. The summed E-state index contributed by atoms with van der Waals surface area (Å²) in [4.78, 5) is 12.7. The van der Waals surface area contributed by atoms with Crippen molar-refractivity contribution in [2.75, 3.05) is 0 Å². The molecular weight excluding hydrogens is 248 g/mol. The van der Waals surface area contributed by atoms with E-state index in [-0.39, 0.29) is 16.2 Å². The summed E-state index contributed by atoms with van der Waals surface area (Å²) >= 11 is 0. The third-order valence-corrected chi connectivity index (χ3v) is 7.50. The zero-order valence-corrected chi connectivity index (χ0v) is 14.6. The topological polar surface area (TPSA) is 17.1 Å². The highest BCUT2D eigenvalue weighted by molar-refractivity contribution is 6.80. The van der Waals surface area contributed by atoms with Gasteiger partial charge in [-0.3, -0.25) is 4.79 Å². The minimum Gasteiger partial charge on any atom is -0.299 e. The van der Waals surface area contributed by atoms with Gasteiger partial charge in [-0.2, -0.15) is 0 Å². The largest absolute Gasteiger partial charge is 0.299 e. The number of carbonyl (C=O) groups is 1. The number of ketones is 1. The minimum absolute atomic E-state index is 0.131. The van der Waals surface area contributed by atoms with E-state index in [0.717, 1.165) is 12.8 Å². The molecule has 0 unspecified atom stereocenters. The first kappa shape index (κ1) is 15.0. The Morgan fingerprint density at radius 1 is 1.16 bits per heavy atom. The summed E-state index contributed by atoms with van der Waals surface area (Å²) in [5.74, 6) is 0.512. The smallest absolute Gasteiger partial charge is 0.140 e.